The van der Waals surface area contributed by atoms with Gasteiger partial charge in [0.2, 0.25) is 0 Å². The smallest absolute Gasteiger partial charge is 0.377 e. The Bertz CT molecular complexity index is 557. The van der Waals surface area contributed by atoms with Crippen LogP contribution in [0.2, 0.25) is 0 Å². The highest BCUT2D eigenvalue weighted by Gasteiger charge is 2.15. The first kappa shape index (κ1) is 9.39. The Morgan fingerprint density at radius 3 is 2.80 bits per heavy atom. The minimum absolute atomic E-state index is 0.147. The number of carbonyl (C=O) groups excluding carboxylic acids is 1. The largest absolute Gasteiger partial charge is 0.475 e. The Morgan fingerprint density at radius 2 is 2.13 bits per heavy atom. The molecule has 0 spiro atoms. The van der Waals surface area contributed by atoms with Crippen LogP contribution in [-0.4, -0.2) is 26.4 Å². The van der Waals surface area contributed by atoms with E-state index in [9.17, 15) is 9.59 Å². The van der Waals surface area contributed by atoms with Crippen LogP contribution >= 0.6 is 0 Å². The Balaban J connectivity index is 2.57. The topological polar surface area (TPSA) is 72.2 Å². The molecule has 5 nitrogen and oxygen atoms in total. The molecule has 1 N–H and O–H groups in total. The summed E-state index contributed by atoms with van der Waals surface area (Å²) < 4.78 is 1.80. The molecule has 0 unspecified atom stereocenters. The van der Waals surface area contributed by atoms with Gasteiger partial charge in [0.1, 0.15) is 0 Å². The second-order valence-corrected chi connectivity index (χ2v) is 3.19. The lowest BCUT2D eigenvalue weighted by Crippen LogP contribution is -2.12. The molecule has 5 heteroatoms. The molecule has 0 fully saturated rings. The van der Waals surface area contributed by atoms with Crippen LogP contribution in [-0.2, 0) is 11.8 Å². The predicted octanol–water partition coefficient (Wildman–Crippen LogP) is 0.841. The third kappa shape index (κ3) is 1.48. The second-order valence-electron chi connectivity index (χ2n) is 3.19. The van der Waals surface area contributed by atoms with E-state index in [1.807, 2.05) is 7.05 Å². The zero-order chi connectivity index (χ0) is 11.0. The lowest BCUT2D eigenvalue weighted by Gasteiger charge is -1.97. The summed E-state index contributed by atoms with van der Waals surface area (Å²) in [5, 5.41) is 8.54. The van der Waals surface area contributed by atoms with E-state index in [0.29, 0.717) is 5.52 Å². The predicted molar refractivity (Wildman–Crippen MR) is 52.7 cm³/mol. The molecule has 0 bridgehead atoms. The number of rotatable bonds is 2. The second kappa shape index (κ2) is 3.20. The molecule has 2 rings (SSSR count). The molecule has 2 aromatic rings. The first-order valence-electron chi connectivity index (χ1n) is 4.28. The summed E-state index contributed by atoms with van der Waals surface area (Å²) in [6.07, 6.45) is 1.61. The number of benzene rings is 1. The molecular weight excluding hydrogens is 196 g/mol. The van der Waals surface area contributed by atoms with Crippen molar-refractivity contribution < 1.29 is 14.7 Å². The van der Waals surface area contributed by atoms with E-state index in [1.165, 1.54) is 12.1 Å². The minimum atomic E-state index is -1.45. The molecule has 0 aliphatic rings. The third-order valence-corrected chi connectivity index (χ3v) is 2.18. The summed E-state index contributed by atoms with van der Waals surface area (Å²) in [6, 6.07) is 4.64. The van der Waals surface area contributed by atoms with Crippen molar-refractivity contribution in [2.75, 3.05) is 0 Å². The number of ketones is 1. The van der Waals surface area contributed by atoms with E-state index in [-0.39, 0.29) is 5.56 Å². The van der Waals surface area contributed by atoms with Gasteiger partial charge in [-0.15, -0.1) is 0 Å². The summed E-state index contributed by atoms with van der Waals surface area (Å²) in [5.41, 5.74) is 1.62. The number of Topliss-reactive ketones (excluding diaryl/α,β-unsaturated/α-hetero) is 1. The number of nitrogens with zero attached hydrogens (tertiary/aromatic N) is 2. The first-order valence-corrected chi connectivity index (χ1v) is 4.28. The molecule has 0 atom stereocenters. The first-order chi connectivity index (χ1) is 7.09. The molecule has 0 aliphatic carbocycles. The van der Waals surface area contributed by atoms with Gasteiger partial charge in [-0.25, -0.2) is 9.78 Å². The van der Waals surface area contributed by atoms with Gasteiger partial charge in [-0.1, -0.05) is 0 Å². The maximum absolute atomic E-state index is 11.2. The number of hydrogen-bond donors (Lipinski definition) is 1. The fourth-order valence-electron chi connectivity index (χ4n) is 1.40. The molecule has 76 valence electrons. The minimum Gasteiger partial charge on any atom is -0.475 e. The Labute approximate surface area is 85.0 Å². The van der Waals surface area contributed by atoms with Crippen molar-refractivity contribution in [3.8, 4) is 0 Å². The monoisotopic (exact) mass is 204 g/mol. The van der Waals surface area contributed by atoms with E-state index in [1.54, 1.807) is 17.0 Å². The van der Waals surface area contributed by atoms with Crippen molar-refractivity contribution in [2.45, 2.75) is 0 Å². The molecule has 0 saturated heterocycles. The van der Waals surface area contributed by atoms with Gasteiger partial charge in [-0.05, 0) is 18.2 Å². The van der Waals surface area contributed by atoms with Crippen molar-refractivity contribution in [2.24, 2.45) is 7.05 Å². The zero-order valence-electron chi connectivity index (χ0n) is 7.97. The summed E-state index contributed by atoms with van der Waals surface area (Å²) in [5.74, 6) is -2.37. The fourth-order valence-corrected chi connectivity index (χ4v) is 1.40. The molecule has 0 aliphatic heterocycles. The van der Waals surface area contributed by atoms with Gasteiger partial charge in [0, 0.05) is 12.6 Å². The van der Waals surface area contributed by atoms with E-state index >= 15 is 0 Å². The average molecular weight is 204 g/mol. The SMILES string of the molecule is Cn1cnc2cc(C(=O)C(=O)O)ccc21. The number of carboxylic acid groups (broad SMARTS) is 1. The number of aryl methyl sites for hydroxylation is 1. The summed E-state index contributed by atoms with van der Waals surface area (Å²) in [6.45, 7) is 0. The van der Waals surface area contributed by atoms with Gasteiger partial charge in [-0.3, -0.25) is 4.79 Å². The van der Waals surface area contributed by atoms with Crippen LogP contribution in [0.3, 0.4) is 0 Å². The standard InChI is InChI=1S/C10H8N2O3/c1-12-5-11-7-4-6(2-3-8(7)12)9(13)10(14)15/h2-5H,1H3,(H,14,15). The van der Waals surface area contributed by atoms with E-state index in [4.69, 9.17) is 5.11 Å². The lowest BCUT2D eigenvalue weighted by atomic mass is 10.1. The van der Waals surface area contributed by atoms with Crippen LogP contribution in [0.25, 0.3) is 11.0 Å². The Hall–Kier alpha value is -2.17. The number of hydrogen-bond acceptors (Lipinski definition) is 3. The number of aromatic nitrogens is 2. The zero-order valence-corrected chi connectivity index (χ0v) is 7.97. The molecule has 0 amide bonds. The maximum Gasteiger partial charge on any atom is 0.377 e. The van der Waals surface area contributed by atoms with Crippen LogP contribution in [0.5, 0.6) is 0 Å². The van der Waals surface area contributed by atoms with E-state index in [0.717, 1.165) is 5.52 Å². The van der Waals surface area contributed by atoms with Gasteiger partial charge in [0.05, 0.1) is 17.4 Å². The highest BCUT2D eigenvalue weighted by Crippen LogP contribution is 2.14. The van der Waals surface area contributed by atoms with Crippen LogP contribution < -0.4 is 0 Å². The van der Waals surface area contributed by atoms with Gasteiger partial charge in [-0.2, -0.15) is 0 Å². The molecule has 1 aromatic heterocycles. The van der Waals surface area contributed by atoms with Crippen LogP contribution in [0, 0.1) is 0 Å². The van der Waals surface area contributed by atoms with Gasteiger partial charge in [0.25, 0.3) is 5.78 Å². The number of imidazole rings is 1. The molecule has 1 heterocycles. The normalized spacial score (nSPS) is 10.5. The van der Waals surface area contributed by atoms with Crippen molar-refractivity contribution in [3.63, 3.8) is 0 Å². The number of carbonyl (C=O) groups is 2. The van der Waals surface area contributed by atoms with Gasteiger partial charge >= 0.3 is 5.97 Å². The molecule has 15 heavy (non-hydrogen) atoms. The van der Waals surface area contributed by atoms with E-state index in [2.05, 4.69) is 4.98 Å². The fraction of sp³-hybridized carbons (Fsp3) is 0.100. The van der Waals surface area contributed by atoms with Crippen molar-refractivity contribution in [3.05, 3.63) is 30.1 Å². The van der Waals surface area contributed by atoms with Gasteiger partial charge in [0.15, 0.2) is 0 Å². The maximum atomic E-state index is 11.2. The van der Waals surface area contributed by atoms with Crippen molar-refractivity contribution in [1.29, 1.82) is 0 Å². The Morgan fingerprint density at radius 1 is 1.40 bits per heavy atom. The lowest BCUT2D eigenvalue weighted by molar-refractivity contribution is -0.131. The molecule has 1 aromatic carbocycles. The molecule has 0 saturated carbocycles. The quantitative estimate of drug-likeness (QED) is 0.581. The summed E-state index contributed by atoms with van der Waals surface area (Å²) in [4.78, 5) is 25.7. The van der Waals surface area contributed by atoms with Crippen LogP contribution in [0.1, 0.15) is 10.4 Å². The molecule has 0 radical (unpaired) electrons. The highest BCUT2D eigenvalue weighted by atomic mass is 16.4. The van der Waals surface area contributed by atoms with Crippen LogP contribution in [0.4, 0.5) is 0 Å². The highest BCUT2D eigenvalue weighted by molar-refractivity contribution is 6.40. The Kier molecular flexibility index (Phi) is 2.00. The number of carboxylic acids is 1. The number of fused-ring (bicyclic) bond motifs is 1. The summed E-state index contributed by atoms with van der Waals surface area (Å²) >= 11 is 0. The van der Waals surface area contributed by atoms with Gasteiger partial charge < -0.3 is 9.67 Å². The van der Waals surface area contributed by atoms with Crippen molar-refractivity contribution >= 4 is 22.8 Å². The van der Waals surface area contributed by atoms with Crippen molar-refractivity contribution in [1.82, 2.24) is 9.55 Å². The third-order valence-electron chi connectivity index (χ3n) is 2.18. The average Bonchev–Trinajstić information content (AvgIpc) is 2.59. The number of aliphatic carboxylic acids is 1. The van der Waals surface area contributed by atoms with E-state index < -0.39 is 11.8 Å². The van der Waals surface area contributed by atoms with Crippen LogP contribution in [0.15, 0.2) is 24.5 Å². The molecular formula is C10H8N2O3. The summed E-state index contributed by atoms with van der Waals surface area (Å²) in [7, 11) is 1.83.